The molecule has 0 radical (unpaired) electrons. The molecule has 0 bridgehead atoms. The van der Waals surface area contributed by atoms with E-state index in [0.717, 1.165) is 102 Å². The minimum atomic E-state index is -0.662. The van der Waals surface area contributed by atoms with Gasteiger partial charge in [-0.1, -0.05) is 31.2 Å². The van der Waals surface area contributed by atoms with Crippen LogP contribution in [0.15, 0.2) is 82.9 Å². The number of rotatable bonds is 13. The number of piperidine rings is 1. The summed E-state index contributed by atoms with van der Waals surface area (Å²) in [7, 11) is 3.54. The van der Waals surface area contributed by atoms with Crippen molar-refractivity contribution in [3.05, 3.63) is 140 Å². The van der Waals surface area contributed by atoms with Crippen LogP contribution in [0.4, 0.5) is 31.8 Å². The zero-order valence-corrected chi connectivity index (χ0v) is 42.6. The van der Waals surface area contributed by atoms with Gasteiger partial charge in [0.2, 0.25) is 17.7 Å². The van der Waals surface area contributed by atoms with Gasteiger partial charge in [-0.3, -0.25) is 44.0 Å². The lowest BCUT2D eigenvalue weighted by atomic mass is 9.90. The van der Waals surface area contributed by atoms with Gasteiger partial charge in [0, 0.05) is 138 Å². The molecule has 17 heteroatoms. The number of anilines is 3. The number of hydrogen-bond acceptors (Lipinski definition) is 11. The number of nitrogens with zero attached hydrogens (tertiary/aromatic N) is 8. The van der Waals surface area contributed by atoms with Gasteiger partial charge in [-0.2, -0.15) is 0 Å². The van der Waals surface area contributed by atoms with Gasteiger partial charge in [0.05, 0.1) is 17.1 Å². The number of aliphatic imine (C=N–C) groups is 1. The molecule has 384 valence electrons. The van der Waals surface area contributed by atoms with E-state index in [1.165, 1.54) is 22.9 Å². The quantitative estimate of drug-likeness (QED) is 0.0888. The van der Waals surface area contributed by atoms with Crippen molar-refractivity contribution in [1.82, 2.24) is 29.2 Å². The van der Waals surface area contributed by atoms with Crippen LogP contribution >= 0.6 is 0 Å². The first-order valence-corrected chi connectivity index (χ1v) is 25.9. The number of nitrogens with one attached hydrogen (secondary N) is 2. The Balaban J connectivity index is 0.680. The normalized spacial score (nSPS) is 21.3. The molecule has 1 spiro atoms. The van der Waals surface area contributed by atoms with Crippen molar-refractivity contribution in [3.63, 3.8) is 0 Å². The molecule has 74 heavy (non-hydrogen) atoms. The molecule has 3 unspecified atom stereocenters. The topological polar surface area (TPSA) is 157 Å². The van der Waals surface area contributed by atoms with E-state index < -0.39 is 35.0 Å². The van der Waals surface area contributed by atoms with Gasteiger partial charge in [0.15, 0.2) is 11.6 Å². The summed E-state index contributed by atoms with van der Waals surface area (Å²) in [5.74, 6) is -0.261. The number of piperazine rings is 1. The van der Waals surface area contributed by atoms with E-state index in [4.69, 9.17) is 4.98 Å². The maximum atomic E-state index is 16.1. The fourth-order valence-corrected chi connectivity index (χ4v) is 12.2. The van der Waals surface area contributed by atoms with Crippen molar-refractivity contribution in [1.29, 1.82) is 0 Å². The third-order valence-corrected chi connectivity index (χ3v) is 16.6. The zero-order valence-electron chi connectivity index (χ0n) is 42.6. The Morgan fingerprint density at radius 3 is 2.42 bits per heavy atom. The minimum Gasteiger partial charge on any atom is -0.386 e. The maximum Gasteiger partial charge on any atom is 0.253 e. The van der Waals surface area contributed by atoms with E-state index in [2.05, 4.69) is 61.5 Å². The summed E-state index contributed by atoms with van der Waals surface area (Å²) in [6.07, 6.45) is 10.4. The van der Waals surface area contributed by atoms with Gasteiger partial charge in [-0.25, -0.2) is 18.8 Å². The van der Waals surface area contributed by atoms with Crippen molar-refractivity contribution in [2.75, 3.05) is 61.4 Å². The molecule has 3 fully saturated rings. The maximum absolute atomic E-state index is 16.1. The molecule has 2 saturated heterocycles. The average Bonchev–Trinajstić information content (AvgIpc) is 4.15. The Labute approximate surface area is 428 Å². The fraction of sp³-hybridized carbons (Fsp3) is 0.421. The Hall–Kier alpha value is -7.11. The SMILES string of the molecule is CNc1cc(=O)n(C2CC=Nc3c2cc([C@H](C)N2CC=C(c4c(C)cc(C(=O)CC(C)c5ccc(N6CCN(Cc7ccc8c(c7)C7(CC7)C(=O)N8C7CCC(=O)NC7=O)CC6)nc5)cc4F)CC2)n3C)cc1F. The standard InChI is InChI=1S/C57H62F2N10O5/c1-33(38-7-10-50(62-30-38)67-22-20-65(21-23-67)31-36-6-8-46-41(26-36)57(15-16-57)56(74)69(46)47-9-11-51(71)63-55(47)73)25-49(70)39-24-34(2)53(42(58)27-39)37-13-18-66(19-14-37)35(3)48-28-40-45(12-17-61-54(40)64(48)5)68-32-43(59)44(60-4)29-52(68)72/h6-8,10,13,17,24,26-30,32-33,35,45,47,60H,9,11-12,14-16,18-23,25,31H2,1-5H3,(H,63,71,73)/t33?,35-,45?,47?/m0/s1. The van der Waals surface area contributed by atoms with E-state index >= 15 is 4.39 Å². The number of aryl methyl sites for hydroxylation is 1. The number of pyridine rings is 2. The van der Waals surface area contributed by atoms with Gasteiger partial charge in [-0.15, -0.1) is 0 Å². The molecule has 5 aliphatic heterocycles. The molecule has 8 heterocycles. The van der Waals surface area contributed by atoms with Crippen molar-refractivity contribution in [2.24, 2.45) is 12.0 Å². The van der Waals surface area contributed by atoms with E-state index in [0.29, 0.717) is 43.5 Å². The molecule has 15 nitrogen and oxygen atoms in total. The molecule has 4 atom stereocenters. The minimum absolute atomic E-state index is 0.0245. The van der Waals surface area contributed by atoms with Crippen LogP contribution in [-0.4, -0.2) is 106 Å². The van der Waals surface area contributed by atoms with Crippen LogP contribution in [-0.2, 0) is 33.4 Å². The average molecular weight is 1010 g/mol. The third kappa shape index (κ3) is 8.76. The van der Waals surface area contributed by atoms with Crippen molar-refractivity contribution in [3.8, 4) is 0 Å². The summed E-state index contributed by atoms with van der Waals surface area (Å²) < 4.78 is 34.4. The van der Waals surface area contributed by atoms with E-state index in [-0.39, 0.29) is 53.6 Å². The number of fused-ring (bicyclic) bond motifs is 3. The Morgan fingerprint density at radius 1 is 0.932 bits per heavy atom. The predicted molar refractivity (Wildman–Crippen MR) is 280 cm³/mol. The molecule has 1 saturated carbocycles. The second-order valence-electron chi connectivity index (χ2n) is 21.1. The Bertz CT molecular complexity index is 3220. The predicted octanol–water partition coefficient (Wildman–Crippen LogP) is 7.64. The van der Waals surface area contributed by atoms with Crippen LogP contribution in [0.3, 0.4) is 0 Å². The molecule has 3 amide bonds. The van der Waals surface area contributed by atoms with Gasteiger partial charge in [0.1, 0.15) is 23.5 Å². The lowest BCUT2D eigenvalue weighted by molar-refractivity contribution is -0.135. The summed E-state index contributed by atoms with van der Waals surface area (Å²) in [6.45, 7) is 11.3. The van der Waals surface area contributed by atoms with Crippen molar-refractivity contribution in [2.45, 2.75) is 102 Å². The van der Waals surface area contributed by atoms with Crippen LogP contribution in [0.2, 0.25) is 0 Å². The van der Waals surface area contributed by atoms with Crippen molar-refractivity contribution >= 4 is 58.3 Å². The summed E-state index contributed by atoms with van der Waals surface area (Å²) in [4.78, 5) is 83.2. The molecular weight excluding hydrogens is 943 g/mol. The highest BCUT2D eigenvalue weighted by Gasteiger charge is 2.61. The molecule has 11 rings (SSSR count). The highest BCUT2D eigenvalue weighted by molar-refractivity contribution is 6.15. The number of aromatic nitrogens is 3. The van der Waals surface area contributed by atoms with Gasteiger partial charge >= 0.3 is 0 Å². The van der Waals surface area contributed by atoms with Crippen molar-refractivity contribution < 1.29 is 28.0 Å². The number of halogens is 2. The molecule has 2 N–H and O–H groups in total. The van der Waals surface area contributed by atoms with Crippen LogP contribution < -0.4 is 26.0 Å². The number of amides is 3. The first kappa shape index (κ1) is 49.1. The summed E-state index contributed by atoms with van der Waals surface area (Å²) in [5.41, 5.74) is 7.59. The molecule has 2 aromatic carbocycles. The summed E-state index contributed by atoms with van der Waals surface area (Å²) in [6, 6.07) is 15.7. The number of ketones is 1. The number of carbonyl (C=O) groups excluding carboxylic acids is 4. The van der Waals surface area contributed by atoms with Gasteiger partial charge in [-0.05, 0) is 104 Å². The number of Topliss-reactive ketones (excluding diaryl/α,β-unsaturated/α-hetero) is 1. The summed E-state index contributed by atoms with van der Waals surface area (Å²) in [5, 5.41) is 5.14. The zero-order chi connectivity index (χ0) is 51.7. The monoisotopic (exact) mass is 1000 g/mol. The first-order chi connectivity index (χ1) is 35.6. The van der Waals surface area contributed by atoms with E-state index in [1.54, 1.807) is 18.2 Å². The summed E-state index contributed by atoms with van der Waals surface area (Å²) >= 11 is 0. The Kier molecular flexibility index (Phi) is 12.8. The highest BCUT2D eigenvalue weighted by atomic mass is 19.1. The van der Waals surface area contributed by atoms with Crippen LogP contribution in [0.1, 0.15) is 126 Å². The lowest BCUT2D eigenvalue weighted by Gasteiger charge is -2.35. The van der Waals surface area contributed by atoms with E-state index in [1.807, 2.05) is 55.9 Å². The number of imide groups is 1. The molecule has 5 aromatic rings. The lowest BCUT2D eigenvalue weighted by Crippen LogP contribution is -2.54. The largest absolute Gasteiger partial charge is 0.386 e. The number of carbonyl (C=O) groups is 4. The van der Waals surface area contributed by atoms with Crippen LogP contribution in [0, 0.1) is 18.6 Å². The number of hydrogen-bond donors (Lipinski definition) is 2. The smallest absolute Gasteiger partial charge is 0.253 e. The second-order valence-corrected chi connectivity index (χ2v) is 21.1. The molecule has 3 aromatic heterocycles. The fourth-order valence-electron chi connectivity index (χ4n) is 12.2. The van der Waals surface area contributed by atoms with Crippen LogP contribution in [0.25, 0.3) is 5.57 Å². The first-order valence-electron chi connectivity index (χ1n) is 25.9. The molecule has 1 aliphatic carbocycles. The van der Waals surface area contributed by atoms with Gasteiger partial charge in [0.25, 0.3) is 5.56 Å². The van der Waals surface area contributed by atoms with E-state index in [9.17, 15) is 28.4 Å². The van der Waals surface area contributed by atoms with Gasteiger partial charge < -0.3 is 19.4 Å². The second kappa shape index (κ2) is 19.3. The van der Waals surface area contributed by atoms with Crippen LogP contribution in [0.5, 0.6) is 0 Å². The third-order valence-electron chi connectivity index (χ3n) is 16.6. The number of benzene rings is 2. The highest BCUT2D eigenvalue weighted by Crippen LogP contribution is 2.58. The Morgan fingerprint density at radius 2 is 1.73 bits per heavy atom. The molecular formula is C57H62F2N10O5. The molecule has 6 aliphatic rings.